The summed E-state index contributed by atoms with van der Waals surface area (Å²) in [6.07, 6.45) is 1.63. The van der Waals surface area contributed by atoms with Gasteiger partial charge in [0.15, 0.2) is 5.17 Å². The normalized spacial score (nSPS) is 16.8. The van der Waals surface area contributed by atoms with E-state index in [1.165, 1.54) is 33.7 Å². The zero-order valence-electron chi connectivity index (χ0n) is 18.0. The number of hydrogen-bond donors (Lipinski definition) is 1. The van der Waals surface area contributed by atoms with Crippen molar-refractivity contribution >= 4 is 68.2 Å². The number of aryl methyl sites for hydroxylation is 1. The van der Waals surface area contributed by atoms with E-state index in [2.05, 4.69) is 19.5 Å². The van der Waals surface area contributed by atoms with Gasteiger partial charge in [0.1, 0.15) is 23.2 Å². The Morgan fingerprint density at radius 1 is 1.24 bits per heavy atom. The van der Waals surface area contributed by atoms with E-state index in [-0.39, 0.29) is 23.6 Å². The van der Waals surface area contributed by atoms with Crippen molar-refractivity contribution in [1.29, 1.82) is 5.41 Å². The molecule has 10 nitrogen and oxygen atoms in total. The number of nitrogens with zero attached hydrogens (tertiary/aromatic N) is 6. The van der Waals surface area contributed by atoms with E-state index >= 15 is 0 Å². The molecule has 0 radical (unpaired) electrons. The van der Waals surface area contributed by atoms with Gasteiger partial charge in [0.05, 0.1) is 23.2 Å². The molecule has 0 bridgehead atoms. The number of carbonyl (C=O) groups is 1. The van der Waals surface area contributed by atoms with Gasteiger partial charge in [0.25, 0.3) is 11.5 Å². The number of carbonyl (C=O) groups excluding carboxylic acids is 1. The van der Waals surface area contributed by atoms with E-state index in [4.69, 9.17) is 10.1 Å². The molecule has 1 N–H and O–H groups in total. The van der Waals surface area contributed by atoms with Crippen LogP contribution in [0.4, 0.5) is 0 Å². The molecule has 2 aromatic heterocycles. The van der Waals surface area contributed by atoms with Crippen LogP contribution in [-0.2, 0) is 11.4 Å². The molecule has 3 aromatic rings. The molecule has 0 saturated carbocycles. The molecule has 172 valence electrons. The third-order valence-corrected chi connectivity index (χ3v) is 7.21. The SMILES string of the molecule is CCSC1=NSC2=NC(=O)/C(=C\c3ccc(OCc4cc(=O)n5nc(C)sc5n4)cc3)C(=N)N12. The van der Waals surface area contributed by atoms with E-state index < -0.39 is 5.91 Å². The highest BCUT2D eigenvalue weighted by Gasteiger charge is 2.37. The highest BCUT2D eigenvalue weighted by atomic mass is 32.2. The van der Waals surface area contributed by atoms with E-state index in [9.17, 15) is 9.59 Å². The fourth-order valence-electron chi connectivity index (χ4n) is 3.23. The molecule has 34 heavy (non-hydrogen) atoms. The van der Waals surface area contributed by atoms with E-state index in [1.54, 1.807) is 35.2 Å². The van der Waals surface area contributed by atoms with E-state index in [0.717, 1.165) is 28.3 Å². The first-order chi connectivity index (χ1) is 16.4. The third kappa shape index (κ3) is 4.29. The maximum atomic E-state index is 12.5. The molecule has 0 fully saturated rings. The minimum Gasteiger partial charge on any atom is -0.487 e. The maximum Gasteiger partial charge on any atom is 0.283 e. The summed E-state index contributed by atoms with van der Waals surface area (Å²) in [5.74, 6) is 0.978. The minimum atomic E-state index is -0.465. The molecule has 2 aliphatic heterocycles. The van der Waals surface area contributed by atoms with E-state index in [0.29, 0.717) is 26.7 Å². The van der Waals surface area contributed by atoms with Crippen LogP contribution in [0.3, 0.4) is 0 Å². The van der Waals surface area contributed by atoms with Gasteiger partial charge in [0, 0.05) is 6.07 Å². The second-order valence-corrected chi connectivity index (χ2v) is 10.2. The number of fused-ring (bicyclic) bond motifs is 2. The highest BCUT2D eigenvalue weighted by molar-refractivity contribution is 8.19. The number of amides is 1. The van der Waals surface area contributed by atoms with Crippen molar-refractivity contribution in [2.45, 2.75) is 20.5 Å². The van der Waals surface area contributed by atoms with Gasteiger partial charge < -0.3 is 4.74 Å². The van der Waals surface area contributed by atoms with Gasteiger partial charge >= 0.3 is 0 Å². The van der Waals surface area contributed by atoms with Crippen LogP contribution in [0.15, 0.2) is 50.1 Å². The molecule has 1 amide bonds. The zero-order chi connectivity index (χ0) is 23.8. The van der Waals surface area contributed by atoms with Crippen LogP contribution in [0.2, 0.25) is 0 Å². The molecule has 0 saturated heterocycles. The Labute approximate surface area is 206 Å². The third-order valence-electron chi connectivity index (χ3n) is 4.74. The Morgan fingerprint density at radius 3 is 2.79 bits per heavy atom. The van der Waals surface area contributed by atoms with Gasteiger partial charge in [-0.2, -0.15) is 19.0 Å². The van der Waals surface area contributed by atoms with Crippen molar-refractivity contribution < 1.29 is 9.53 Å². The average molecular weight is 512 g/mol. The number of hydrogen-bond acceptors (Lipinski definition) is 10. The average Bonchev–Trinajstić information content (AvgIpc) is 3.39. The number of benzene rings is 1. The Hall–Kier alpha value is -3.29. The van der Waals surface area contributed by atoms with E-state index in [1.807, 2.05) is 13.8 Å². The standard InChI is InChI=1S/C21H17N7O3S3/c1-3-32-21-26-34-19-24-18(30)15(17(22)27(19)21)8-12-4-6-14(7-5-12)31-10-13-9-16(29)28-20(23-13)33-11(2)25-28/h4-9,22H,3,10H2,1-2H3/b15-8-,22-17?. The Kier molecular flexibility index (Phi) is 6.06. The Balaban J connectivity index is 1.31. The number of aromatic nitrogens is 3. The summed E-state index contributed by atoms with van der Waals surface area (Å²) < 4.78 is 11.4. The first-order valence-corrected chi connectivity index (χ1v) is 12.7. The summed E-state index contributed by atoms with van der Waals surface area (Å²) in [6.45, 7) is 3.95. The summed E-state index contributed by atoms with van der Waals surface area (Å²) in [7, 11) is 0. The highest BCUT2D eigenvalue weighted by Crippen LogP contribution is 2.31. The summed E-state index contributed by atoms with van der Waals surface area (Å²) in [5.41, 5.74) is 1.19. The van der Waals surface area contributed by atoms with Gasteiger partial charge in [-0.15, -0.1) is 0 Å². The summed E-state index contributed by atoms with van der Waals surface area (Å²) >= 11 is 3.94. The molecule has 1 aromatic carbocycles. The topological polar surface area (TPSA) is 125 Å². The number of ether oxygens (including phenoxy) is 1. The predicted octanol–water partition coefficient (Wildman–Crippen LogP) is 3.37. The van der Waals surface area contributed by atoms with Crippen LogP contribution in [0.25, 0.3) is 11.0 Å². The van der Waals surface area contributed by atoms with Crippen molar-refractivity contribution in [1.82, 2.24) is 19.5 Å². The van der Waals surface area contributed by atoms with Crippen molar-refractivity contribution in [3.8, 4) is 5.75 Å². The lowest BCUT2D eigenvalue weighted by Gasteiger charge is -2.24. The first-order valence-electron chi connectivity index (χ1n) is 10.1. The minimum absolute atomic E-state index is 0.0612. The van der Waals surface area contributed by atoms with Crippen LogP contribution in [0, 0.1) is 12.3 Å². The fraction of sp³-hybridized carbons (Fsp3) is 0.190. The lowest BCUT2D eigenvalue weighted by Crippen LogP contribution is -2.41. The van der Waals surface area contributed by atoms with Crippen LogP contribution in [0.1, 0.15) is 23.2 Å². The van der Waals surface area contributed by atoms with Gasteiger partial charge in [-0.05, 0) is 36.4 Å². The van der Waals surface area contributed by atoms with Gasteiger partial charge in [-0.25, -0.2) is 9.88 Å². The maximum absolute atomic E-state index is 12.5. The van der Waals surface area contributed by atoms with Crippen molar-refractivity contribution in [3.63, 3.8) is 0 Å². The molecular formula is C21H17N7O3S3. The van der Waals surface area contributed by atoms with Gasteiger partial charge in [-0.3, -0.25) is 15.0 Å². The number of thioether (sulfide) groups is 1. The molecule has 0 unspecified atom stereocenters. The second kappa shape index (κ2) is 9.16. The molecule has 4 heterocycles. The molecule has 0 aliphatic carbocycles. The fourth-order valence-corrected chi connectivity index (χ4v) is 5.57. The van der Waals surface area contributed by atoms with Crippen LogP contribution in [0.5, 0.6) is 5.75 Å². The summed E-state index contributed by atoms with van der Waals surface area (Å²) in [6, 6.07) is 8.49. The van der Waals surface area contributed by atoms with Crippen molar-refractivity contribution in [2.24, 2.45) is 9.39 Å². The second-order valence-electron chi connectivity index (χ2n) is 7.10. The predicted molar refractivity (Wildman–Crippen MR) is 136 cm³/mol. The first kappa shape index (κ1) is 22.5. The largest absolute Gasteiger partial charge is 0.487 e. The molecule has 5 rings (SSSR count). The van der Waals surface area contributed by atoms with Crippen LogP contribution >= 0.6 is 35.0 Å². The number of aliphatic imine (C=N–C) groups is 1. The molecular weight excluding hydrogens is 494 g/mol. The lowest BCUT2D eigenvalue weighted by atomic mass is 10.1. The van der Waals surface area contributed by atoms with Crippen LogP contribution in [-0.4, -0.2) is 47.3 Å². The van der Waals surface area contributed by atoms with Crippen molar-refractivity contribution in [3.05, 3.63) is 62.5 Å². The molecule has 2 aliphatic rings. The molecule has 0 spiro atoms. The smallest absolute Gasteiger partial charge is 0.283 e. The number of amidine groups is 3. The van der Waals surface area contributed by atoms with Gasteiger partial charge in [-0.1, -0.05) is 42.2 Å². The number of rotatable bonds is 5. The summed E-state index contributed by atoms with van der Waals surface area (Å²) in [4.78, 5) is 35.3. The molecule has 0 atom stereocenters. The lowest BCUT2D eigenvalue weighted by molar-refractivity contribution is -0.114. The van der Waals surface area contributed by atoms with Gasteiger partial charge in [0.2, 0.25) is 10.1 Å². The number of nitrogens with one attached hydrogen (secondary N) is 1. The zero-order valence-corrected chi connectivity index (χ0v) is 20.5. The monoisotopic (exact) mass is 511 g/mol. The Morgan fingerprint density at radius 2 is 2.03 bits per heavy atom. The Bertz CT molecular complexity index is 1470. The summed E-state index contributed by atoms with van der Waals surface area (Å²) in [5, 5.41) is 14.5. The van der Waals surface area contributed by atoms with Crippen molar-refractivity contribution in [2.75, 3.05) is 5.75 Å². The van der Waals surface area contributed by atoms with Crippen LogP contribution < -0.4 is 10.3 Å². The molecule has 13 heteroatoms. The quantitative estimate of drug-likeness (QED) is 0.408.